The first kappa shape index (κ1) is 29.0. The number of anilines is 1. The van der Waals surface area contributed by atoms with Gasteiger partial charge < -0.3 is 15.2 Å². The minimum Gasteiger partial charge on any atom is -0.493 e. The van der Waals surface area contributed by atoms with Crippen molar-refractivity contribution in [3.8, 4) is 11.4 Å². The Balaban J connectivity index is 1.88. The van der Waals surface area contributed by atoms with Gasteiger partial charge in [-0.05, 0) is 39.0 Å². The second kappa shape index (κ2) is 11.5. The third kappa shape index (κ3) is 6.67. The molecule has 0 spiro atoms. The topological polar surface area (TPSA) is 137 Å². The van der Waals surface area contributed by atoms with Crippen LogP contribution in [-0.2, 0) is 9.53 Å². The minimum atomic E-state index is -1.29. The molecule has 0 saturated heterocycles. The number of nitrogens with two attached hydrogens (primary N) is 1. The van der Waals surface area contributed by atoms with Crippen LogP contribution >= 0.6 is 0 Å². The summed E-state index contributed by atoms with van der Waals surface area (Å²) in [7, 11) is 0. The molecule has 0 aliphatic heterocycles. The van der Waals surface area contributed by atoms with E-state index in [1.165, 1.54) is 0 Å². The van der Waals surface area contributed by atoms with Crippen molar-refractivity contribution in [2.45, 2.75) is 38.8 Å². The number of pyridine rings is 1. The fourth-order valence-electron chi connectivity index (χ4n) is 3.53. The van der Waals surface area contributed by atoms with Crippen molar-refractivity contribution in [3.05, 3.63) is 87.2 Å². The summed E-state index contributed by atoms with van der Waals surface area (Å²) in [6, 6.07) is 4.27. The van der Waals surface area contributed by atoms with Gasteiger partial charge >= 0.3 is 5.97 Å². The average molecular weight is 548 g/mol. The van der Waals surface area contributed by atoms with Gasteiger partial charge in [-0.25, -0.2) is 27.9 Å². The fraction of sp³-hybridized carbons (Fsp3) is 0.269. The number of carbonyl (C=O) groups is 2. The lowest BCUT2D eigenvalue weighted by atomic mass is 10.0. The van der Waals surface area contributed by atoms with Crippen LogP contribution in [0, 0.1) is 28.8 Å². The average Bonchev–Trinajstić information content (AvgIpc) is 2.82. The van der Waals surface area contributed by atoms with Gasteiger partial charge in [-0.2, -0.15) is 5.11 Å². The van der Waals surface area contributed by atoms with Gasteiger partial charge in [0, 0.05) is 30.7 Å². The van der Waals surface area contributed by atoms with E-state index in [4.69, 9.17) is 20.7 Å². The third-order valence-electron chi connectivity index (χ3n) is 5.26. The van der Waals surface area contributed by atoms with Crippen molar-refractivity contribution in [3.63, 3.8) is 0 Å². The van der Waals surface area contributed by atoms with Crippen molar-refractivity contribution >= 4 is 17.6 Å². The van der Waals surface area contributed by atoms with Gasteiger partial charge in [0.1, 0.15) is 34.5 Å². The van der Waals surface area contributed by atoms with Crippen LogP contribution in [0.15, 0.2) is 52.4 Å². The second-order valence-electron chi connectivity index (χ2n) is 9.31. The highest BCUT2D eigenvalue weighted by atomic mass is 19.1. The van der Waals surface area contributed by atoms with E-state index in [-0.39, 0.29) is 18.8 Å². The molecule has 1 unspecified atom stereocenters. The number of benzene rings is 2. The van der Waals surface area contributed by atoms with Gasteiger partial charge in [0.15, 0.2) is 23.5 Å². The van der Waals surface area contributed by atoms with E-state index in [2.05, 4.69) is 5.11 Å². The highest BCUT2D eigenvalue weighted by Gasteiger charge is 2.26. The van der Waals surface area contributed by atoms with E-state index in [1.807, 2.05) is 0 Å². The van der Waals surface area contributed by atoms with E-state index in [0.29, 0.717) is 10.6 Å². The van der Waals surface area contributed by atoms with Crippen LogP contribution in [0.4, 0.5) is 23.4 Å². The van der Waals surface area contributed by atoms with Crippen molar-refractivity contribution < 1.29 is 36.6 Å². The summed E-state index contributed by atoms with van der Waals surface area (Å²) in [6.07, 6.45) is -0.125. The molecule has 1 aromatic heterocycles. The molecule has 0 bridgehead atoms. The molecule has 0 saturated carbocycles. The van der Waals surface area contributed by atoms with Gasteiger partial charge in [-0.3, -0.25) is 14.2 Å². The first-order chi connectivity index (χ1) is 18.2. The Morgan fingerprint density at radius 1 is 1.00 bits per heavy atom. The lowest BCUT2D eigenvalue weighted by Crippen LogP contribution is -2.31. The van der Waals surface area contributed by atoms with E-state index in [9.17, 15) is 23.2 Å². The fourth-order valence-corrected chi connectivity index (χ4v) is 3.53. The summed E-state index contributed by atoms with van der Waals surface area (Å²) in [6.45, 7) is 4.65. The third-order valence-corrected chi connectivity index (χ3v) is 5.26. The molecule has 9 nitrogen and oxygen atoms in total. The lowest BCUT2D eigenvalue weighted by Gasteiger charge is -2.21. The molecule has 3 rings (SSSR count). The van der Waals surface area contributed by atoms with E-state index >= 15 is 8.78 Å². The van der Waals surface area contributed by atoms with Crippen LogP contribution in [0.1, 0.15) is 43.1 Å². The van der Waals surface area contributed by atoms with Crippen molar-refractivity contribution in [1.82, 2.24) is 4.57 Å². The van der Waals surface area contributed by atoms with Gasteiger partial charge in [0.05, 0.1) is 17.7 Å². The van der Waals surface area contributed by atoms with E-state index in [1.54, 1.807) is 20.8 Å². The Morgan fingerprint density at radius 2 is 1.62 bits per heavy atom. The van der Waals surface area contributed by atoms with Crippen LogP contribution in [0.5, 0.6) is 5.75 Å². The highest BCUT2D eigenvalue weighted by molar-refractivity contribution is 6.11. The van der Waals surface area contributed by atoms with Gasteiger partial charge in [-0.15, -0.1) is 0 Å². The molecule has 1 heterocycles. The first-order valence-corrected chi connectivity index (χ1v) is 11.5. The minimum absolute atomic E-state index is 0.125. The molecule has 0 aliphatic carbocycles. The maximum absolute atomic E-state index is 15.0. The van der Waals surface area contributed by atoms with Gasteiger partial charge in [-0.1, -0.05) is 0 Å². The Morgan fingerprint density at radius 3 is 2.18 bits per heavy atom. The number of nitrogens with zero attached hydrogens (tertiary/aromatic N) is 2. The molecule has 13 heteroatoms. The quantitative estimate of drug-likeness (QED) is 0.172. The Hall–Kier alpha value is -4.55. The Labute approximate surface area is 219 Å². The van der Waals surface area contributed by atoms with Crippen LogP contribution < -0.4 is 16.0 Å². The van der Waals surface area contributed by atoms with E-state index < -0.39 is 74.9 Å². The first-order valence-electron chi connectivity index (χ1n) is 11.5. The summed E-state index contributed by atoms with van der Waals surface area (Å²) in [5.41, 5.74) is 9.35. The van der Waals surface area contributed by atoms with Crippen LogP contribution in [0.2, 0.25) is 0 Å². The maximum Gasteiger partial charge on any atom is 0.333 e. The number of hydrogen-bond acceptors (Lipinski definition) is 8. The predicted molar refractivity (Wildman–Crippen MR) is 131 cm³/mol. The molecule has 0 radical (unpaired) electrons. The Bertz CT molecular complexity index is 1480. The molecule has 0 amide bonds. The predicted octanol–water partition coefficient (Wildman–Crippen LogP) is 4.72. The summed E-state index contributed by atoms with van der Waals surface area (Å²) in [4.78, 5) is 37.4. The number of carbonyl (C=O) groups excluding carboxylic acids is 2. The molecule has 3 N–H and O–H groups in total. The van der Waals surface area contributed by atoms with Crippen molar-refractivity contribution in [1.29, 1.82) is 5.53 Å². The smallest absolute Gasteiger partial charge is 0.333 e. The molecule has 1 atom stereocenters. The van der Waals surface area contributed by atoms with Gasteiger partial charge in [0.25, 0.3) is 5.56 Å². The molecule has 3 aromatic rings. The van der Waals surface area contributed by atoms with Crippen LogP contribution in [-0.4, -0.2) is 34.6 Å². The molecular formula is C26H24F4N4O5. The molecule has 0 fully saturated rings. The molecule has 2 aromatic carbocycles. The van der Waals surface area contributed by atoms with Crippen molar-refractivity contribution in [2.75, 3.05) is 12.3 Å². The normalized spacial score (nSPS) is 12.1. The lowest BCUT2D eigenvalue weighted by molar-refractivity contribution is -0.156. The Kier molecular flexibility index (Phi) is 8.52. The number of ether oxygens (including phenoxy) is 2. The summed E-state index contributed by atoms with van der Waals surface area (Å²) < 4.78 is 68.3. The number of aromatic nitrogens is 1. The molecule has 0 aliphatic rings. The molecule has 206 valence electrons. The summed E-state index contributed by atoms with van der Waals surface area (Å²) in [5, 5.41) is 3.19. The maximum atomic E-state index is 15.0. The largest absolute Gasteiger partial charge is 0.493 e. The number of nitrogen functional groups attached to an aromatic ring is 1. The van der Waals surface area contributed by atoms with Gasteiger partial charge in [0.2, 0.25) is 0 Å². The van der Waals surface area contributed by atoms with Crippen molar-refractivity contribution in [2.24, 2.45) is 5.11 Å². The summed E-state index contributed by atoms with van der Waals surface area (Å²) >= 11 is 0. The zero-order valence-corrected chi connectivity index (χ0v) is 21.1. The number of ketones is 1. The highest BCUT2D eigenvalue weighted by Crippen LogP contribution is 2.27. The molecule has 39 heavy (non-hydrogen) atoms. The SMILES string of the molecule is CC(C)(C)OC(=O)C(CCOc1cc(F)c(-n2c(N)c(C(=O)c3ccc(F)cc3F)ccc2=O)c(F)c1)N=N. The van der Waals surface area contributed by atoms with Crippen LogP contribution in [0.25, 0.3) is 5.69 Å². The summed E-state index contributed by atoms with van der Waals surface area (Å²) in [5.74, 6) is -7.49. The number of hydrogen-bond donors (Lipinski definition) is 2. The van der Waals surface area contributed by atoms with E-state index in [0.717, 1.165) is 36.4 Å². The van der Waals surface area contributed by atoms with Crippen LogP contribution in [0.3, 0.4) is 0 Å². The second-order valence-corrected chi connectivity index (χ2v) is 9.31. The number of nitrogens with one attached hydrogen (secondary N) is 1. The number of halogens is 4. The monoisotopic (exact) mass is 548 g/mol. The standard InChI is InChI=1S/C26H24F4N4O5/c1-26(2,3)39-25(37)20(33-32)8-9-38-14-11-18(29)22(19(30)12-14)34-21(35)7-6-16(24(34)31)23(36)15-5-4-13(27)10-17(15)28/h4-7,10-12,20,32H,8-9,31H2,1-3H3. The zero-order valence-electron chi connectivity index (χ0n) is 21.1. The zero-order chi connectivity index (χ0) is 29.1. The number of rotatable bonds is 9. The number of esters is 1. The molecular weight excluding hydrogens is 524 g/mol.